The van der Waals surface area contributed by atoms with Crippen molar-refractivity contribution in [1.29, 1.82) is 0 Å². The maximum Gasteiger partial charge on any atom is 0.419 e. The average Bonchev–Trinajstić information content (AvgIpc) is 2.71. The topological polar surface area (TPSA) is 0 Å². The zero-order chi connectivity index (χ0) is 20.9. The Bertz CT molecular complexity index is 662. The van der Waals surface area contributed by atoms with Gasteiger partial charge in [-0.05, 0) is 106 Å². The number of allylic oxidation sites excluding steroid dienone is 2. The Morgan fingerprint density at radius 3 is 2.07 bits per heavy atom. The summed E-state index contributed by atoms with van der Waals surface area (Å²) in [5.41, 5.74) is -0.471. The largest absolute Gasteiger partial charge is 0.419 e. The molecule has 1 aromatic rings. The molecule has 0 atom stereocenters. The number of unbranched alkanes of at least 4 members (excludes halogenated alkanes) is 1. The molecule has 0 radical (unpaired) electrons. The highest BCUT2D eigenvalue weighted by Gasteiger charge is 2.35. The minimum Gasteiger partial charge on any atom is -0.251 e. The minimum absolute atomic E-state index is 0.165. The highest BCUT2D eigenvalue weighted by atomic mass is 19.4. The average molecular weight is 415 g/mol. The number of alkyl halides is 4. The van der Waals surface area contributed by atoms with Crippen molar-refractivity contribution in [3.63, 3.8) is 0 Å². The van der Waals surface area contributed by atoms with Crippen molar-refractivity contribution in [2.75, 3.05) is 6.67 Å². The second-order valence-electron chi connectivity index (χ2n) is 8.78. The first-order valence-electron chi connectivity index (χ1n) is 11.0. The van der Waals surface area contributed by atoms with Crippen LogP contribution in [-0.2, 0) is 6.18 Å². The standard InChI is InChI=1S/C24H31F5/c25-15-3-1-2-4-17-5-7-18(8-6-17)19-9-11-20(12-10-19)21-13-14-22(23(26)16-21)24(27,28)29/h2,4,13-14,16-20H,1,3,5-12,15H2/b4-2+. The molecule has 0 aliphatic heterocycles. The van der Waals surface area contributed by atoms with Gasteiger partial charge >= 0.3 is 6.18 Å². The fourth-order valence-corrected chi connectivity index (χ4v) is 5.23. The van der Waals surface area contributed by atoms with Gasteiger partial charge in [0, 0.05) is 0 Å². The van der Waals surface area contributed by atoms with Gasteiger partial charge in [0.05, 0.1) is 12.2 Å². The van der Waals surface area contributed by atoms with Gasteiger partial charge in [-0.3, -0.25) is 4.39 Å². The molecule has 5 heteroatoms. The van der Waals surface area contributed by atoms with E-state index in [-0.39, 0.29) is 12.6 Å². The van der Waals surface area contributed by atoms with Crippen molar-refractivity contribution < 1.29 is 22.0 Å². The molecular weight excluding hydrogens is 383 g/mol. The van der Waals surface area contributed by atoms with Crippen molar-refractivity contribution in [2.45, 2.75) is 76.3 Å². The third-order valence-electron chi connectivity index (χ3n) is 6.94. The van der Waals surface area contributed by atoms with Gasteiger partial charge in [0.1, 0.15) is 5.82 Å². The smallest absolute Gasteiger partial charge is 0.251 e. The van der Waals surface area contributed by atoms with E-state index in [2.05, 4.69) is 12.2 Å². The molecule has 0 N–H and O–H groups in total. The summed E-state index contributed by atoms with van der Waals surface area (Å²) in [6.45, 7) is -0.251. The SMILES string of the molecule is FCCC/C=C/C1CCC(C2CCC(c3ccc(C(F)(F)F)c(F)c3)CC2)CC1. The molecule has 1 aromatic carbocycles. The van der Waals surface area contributed by atoms with Gasteiger partial charge in [0.25, 0.3) is 0 Å². The predicted octanol–water partition coefficient (Wildman–Crippen LogP) is 8.23. The molecule has 0 unspecified atom stereocenters. The number of rotatable bonds is 6. The number of benzene rings is 1. The number of hydrogen-bond acceptors (Lipinski definition) is 0. The zero-order valence-electron chi connectivity index (χ0n) is 16.9. The van der Waals surface area contributed by atoms with Gasteiger partial charge in [-0.25, -0.2) is 4.39 Å². The minimum atomic E-state index is -4.64. The summed E-state index contributed by atoms with van der Waals surface area (Å²) < 4.78 is 64.3. The maximum absolute atomic E-state index is 13.9. The summed E-state index contributed by atoms with van der Waals surface area (Å²) in [7, 11) is 0. The van der Waals surface area contributed by atoms with E-state index in [0.29, 0.717) is 23.8 Å². The van der Waals surface area contributed by atoms with Gasteiger partial charge < -0.3 is 0 Å². The molecular formula is C24H31F5. The van der Waals surface area contributed by atoms with Gasteiger partial charge in [-0.15, -0.1) is 0 Å². The molecule has 0 saturated heterocycles. The molecule has 2 fully saturated rings. The Balaban J connectivity index is 1.46. The van der Waals surface area contributed by atoms with Crippen molar-refractivity contribution in [1.82, 2.24) is 0 Å². The monoisotopic (exact) mass is 414 g/mol. The molecule has 0 amide bonds. The molecule has 0 heterocycles. The van der Waals surface area contributed by atoms with Crippen LogP contribution in [0.15, 0.2) is 30.4 Å². The van der Waals surface area contributed by atoms with Crippen molar-refractivity contribution >= 4 is 0 Å². The molecule has 2 saturated carbocycles. The van der Waals surface area contributed by atoms with Crippen LogP contribution in [0.2, 0.25) is 0 Å². The lowest BCUT2D eigenvalue weighted by Gasteiger charge is -2.37. The predicted molar refractivity (Wildman–Crippen MR) is 106 cm³/mol. The van der Waals surface area contributed by atoms with Crippen LogP contribution in [0, 0.1) is 23.6 Å². The summed E-state index contributed by atoms with van der Waals surface area (Å²) in [5.74, 6) is 1.04. The Morgan fingerprint density at radius 2 is 1.52 bits per heavy atom. The first-order valence-corrected chi connectivity index (χ1v) is 11.0. The Labute approximate surface area is 170 Å². The molecule has 0 bridgehead atoms. The molecule has 2 aliphatic carbocycles. The summed E-state index contributed by atoms with van der Waals surface area (Å²) in [4.78, 5) is 0. The van der Waals surface area contributed by atoms with Crippen molar-refractivity contribution in [2.24, 2.45) is 17.8 Å². The van der Waals surface area contributed by atoms with Crippen LogP contribution in [0.4, 0.5) is 22.0 Å². The highest BCUT2D eigenvalue weighted by molar-refractivity contribution is 5.29. The van der Waals surface area contributed by atoms with Crippen LogP contribution < -0.4 is 0 Å². The van der Waals surface area contributed by atoms with Gasteiger partial charge in [-0.1, -0.05) is 18.2 Å². The molecule has 0 nitrogen and oxygen atoms in total. The van der Waals surface area contributed by atoms with Crippen LogP contribution in [-0.4, -0.2) is 6.67 Å². The van der Waals surface area contributed by atoms with Crippen LogP contribution in [0.5, 0.6) is 0 Å². The molecule has 0 spiro atoms. The van der Waals surface area contributed by atoms with Crippen LogP contribution in [0.25, 0.3) is 0 Å². The molecule has 162 valence electrons. The fourth-order valence-electron chi connectivity index (χ4n) is 5.23. The van der Waals surface area contributed by atoms with E-state index in [9.17, 15) is 22.0 Å². The molecule has 0 aromatic heterocycles. The molecule has 3 rings (SSSR count). The lowest BCUT2D eigenvalue weighted by Crippen LogP contribution is -2.25. The Hall–Kier alpha value is -1.39. The van der Waals surface area contributed by atoms with E-state index < -0.39 is 17.6 Å². The van der Waals surface area contributed by atoms with Gasteiger partial charge in [0.2, 0.25) is 0 Å². The highest BCUT2D eigenvalue weighted by Crippen LogP contribution is 2.44. The van der Waals surface area contributed by atoms with E-state index in [4.69, 9.17) is 0 Å². The van der Waals surface area contributed by atoms with E-state index in [1.54, 1.807) is 0 Å². The number of halogens is 5. The fraction of sp³-hybridized carbons (Fsp3) is 0.667. The van der Waals surface area contributed by atoms with E-state index in [1.165, 1.54) is 31.7 Å². The molecule has 2 aliphatic rings. The third-order valence-corrected chi connectivity index (χ3v) is 6.94. The van der Waals surface area contributed by atoms with Gasteiger partial charge in [-0.2, -0.15) is 13.2 Å². The summed E-state index contributed by atoms with van der Waals surface area (Å²) in [6.07, 6.45) is 10.0. The van der Waals surface area contributed by atoms with Crippen molar-refractivity contribution in [3.05, 3.63) is 47.3 Å². The molecule has 29 heavy (non-hydrogen) atoms. The third kappa shape index (κ3) is 6.05. The summed E-state index contributed by atoms with van der Waals surface area (Å²) >= 11 is 0. The van der Waals surface area contributed by atoms with Crippen molar-refractivity contribution in [3.8, 4) is 0 Å². The van der Waals surface area contributed by atoms with E-state index in [1.807, 2.05) is 0 Å². The second kappa shape index (κ2) is 10.1. The second-order valence-corrected chi connectivity index (χ2v) is 8.78. The van der Waals surface area contributed by atoms with Crippen LogP contribution in [0.3, 0.4) is 0 Å². The van der Waals surface area contributed by atoms with Crippen LogP contribution in [0.1, 0.15) is 81.3 Å². The van der Waals surface area contributed by atoms with E-state index >= 15 is 0 Å². The normalized spacial score (nSPS) is 28.7. The van der Waals surface area contributed by atoms with E-state index in [0.717, 1.165) is 50.2 Å². The quantitative estimate of drug-likeness (QED) is 0.250. The number of hydrogen-bond donors (Lipinski definition) is 0. The van der Waals surface area contributed by atoms with Gasteiger partial charge in [0.15, 0.2) is 0 Å². The zero-order valence-corrected chi connectivity index (χ0v) is 16.9. The summed E-state index contributed by atoms with van der Waals surface area (Å²) in [5, 5.41) is 0. The Morgan fingerprint density at radius 1 is 0.897 bits per heavy atom. The Kier molecular flexibility index (Phi) is 7.75. The lowest BCUT2D eigenvalue weighted by atomic mass is 9.68. The maximum atomic E-state index is 13.9. The first kappa shape index (κ1) is 22.3. The first-order chi connectivity index (χ1) is 13.9. The van der Waals surface area contributed by atoms with Crippen LogP contribution >= 0.6 is 0 Å². The lowest BCUT2D eigenvalue weighted by molar-refractivity contribution is -0.140. The summed E-state index contributed by atoms with van der Waals surface area (Å²) in [6, 6.07) is 3.44.